The molecule has 1 aromatic rings. The predicted molar refractivity (Wildman–Crippen MR) is 90.3 cm³/mol. The van der Waals surface area contributed by atoms with Gasteiger partial charge in [-0.15, -0.1) is 0 Å². The number of rotatable bonds is 2. The fourth-order valence-electron chi connectivity index (χ4n) is 3.12. The van der Waals surface area contributed by atoms with E-state index in [1.54, 1.807) is 18.0 Å². The van der Waals surface area contributed by atoms with Crippen LogP contribution in [-0.4, -0.2) is 5.71 Å². The van der Waals surface area contributed by atoms with Crippen LogP contribution in [0.15, 0.2) is 57.8 Å². The third kappa shape index (κ3) is 2.18. The lowest BCUT2D eigenvalue weighted by atomic mass is 9.89. The summed E-state index contributed by atoms with van der Waals surface area (Å²) in [5.41, 5.74) is 5.50. The molecule has 0 aromatic heterocycles. The molecule has 0 bridgehead atoms. The molecule has 2 aliphatic heterocycles. The fraction of sp³-hybridized carbons (Fsp3) is 0.278. The van der Waals surface area contributed by atoms with E-state index >= 15 is 0 Å². The maximum atomic E-state index is 13.4. The number of hydrogen-bond acceptors (Lipinski definition) is 3. The van der Waals surface area contributed by atoms with Crippen molar-refractivity contribution in [2.24, 2.45) is 10.9 Å². The first-order chi connectivity index (χ1) is 10.6. The lowest BCUT2D eigenvalue weighted by Crippen LogP contribution is -2.14. The van der Waals surface area contributed by atoms with E-state index in [1.807, 2.05) is 12.3 Å². The van der Waals surface area contributed by atoms with Crippen molar-refractivity contribution in [1.82, 2.24) is 4.72 Å². The minimum atomic E-state index is -0.119. The highest BCUT2D eigenvalue weighted by Crippen LogP contribution is 2.42. The number of nitrogens with zero attached hydrogens (tertiary/aromatic N) is 1. The van der Waals surface area contributed by atoms with Gasteiger partial charge in [0.2, 0.25) is 0 Å². The first-order valence-corrected chi connectivity index (χ1v) is 8.36. The summed E-state index contributed by atoms with van der Waals surface area (Å²) in [5.74, 6) is 0.422. The average Bonchev–Trinajstić information content (AvgIpc) is 3.09. The Morgan fingerprint density at radius 1 is 1.27 bits per heavy atom. The lowest BCUT2D eigenvalue weighted by Gasteiger charge is -2.17. The highest BCUT2D eigenvalue weighted by Gasteiger charge is 2.28. The Kier molecular flexibility index (Phi) is 3.31. The molecule has 0 saturated carbocycles. The lowest BCUT2D eigenvalue weighted by molar-refractivity contribution is 0.491. The number of fused-ring (bicyclic) bond motifs is 2. The molecule has 1 aromatic carbocycles. The van der Waals surface area contributed by atoms with Crippen molar-refractivity contribution in [2.75, 3.05) is 0 Å². The van der Waals surface area contributed by atoms with Crippen LogP contribution in [0.25, 0.3) is 5.57 Å². The van der Waals surface area contributed by atoms with E-state index in [0.29, 0.717) is 18.4 Å². The molecular weight excluding hydrogens is 295 g/mol. The topological polar surface area (TPSA) is 24.4 Å². The molecule has 2 nitrogen and oxygen atoms in total. The van der Waals surface area contributed by atoms with Crippen LogP contribution in [0.5, 0.6) is 0 Å². The monoisotopic (exact) mass is 312 g/mol. The highest BCUT2D eigenvalue weighted by molar-refractivity contribution is 7.97. The number of benzene rings is 1. The second kappa shape index (κ2) is 5.21. The van der Waals surface area contributed by atoms with Crippen LogP contribution in [0.2, 0.25) is 0 Å². The van der Waals surface area contributed by atoms with Crippen molar-refractivity contribution in [2.45, 2.75) is 31.2 Å². The first kappa shape index (κ1) is 14.0. The van der Waals surface area contributed by atoms with E-state index < -0.39 is 0 Å². The Bertz CT molecular complexity index is 771. The van der Waals surface area contributed by atoms with E-state index in [2.05, 4.69) is 41.8 Å². The molecular formula is C18H17FN2S. The van der Waals surface area contributed by atoms with Crippen molar-refractivity contribution in [1.29, 1.82) is 0 Å². The number of allylic oxidation sites excluding steroid dienone is 5. The standard InChI is InChI=1S/C18H17FN2S/c1-10(2)18-14-7-11(3-6-17(14)22-21-18)15-9-20-16-8-12(19)4-5-13(15)16/h3-7,9-10,18,21H,8H2,1-2H3. The van der Waals surface area contributed by atoms with Gasteiger partial charge >= 0.3 is 0 Å². The Labute approximate surface area is 134 Å². The molecule has 1 atom stereocenters. The minimum absolute atomic E-state index is 0.119. The van der Waals surface area contributed by atoms with Crippen LogP contribution in [0.1, 0.15) is 37.4 Å². The number of aliphatic imine (C=N–C) groups is 1. The van der Waals surface area contributed by atoms with Gasteiger partial charge in [-0.1, -0.05) is 19.9 Å². The smallest absolute Gasteiger partial charge is 0.106 e. The Balaban J connectivity index is 1.72. The third-order valence-electron chi connectivity index (χ3n) is 4.34. The van der Waals surface area contributed by atoms with Crippen molar-refractivity contribution in [3.63, 3.8) is 0 Å². The molecule has 4 heteroatoms. The molecule has 2 heterocycles. The van der Waals surface area contributed by atoms with Gasteiger partial charge in [0.1, 0.15) is 5.83 Å². The van der Waals surface area contributed by atoms with Gasteiger partial charge in [-0.3, -0.25) is 9.71 Å². The predicted octanol–water partition coefficient (Wildman–Crippen LogP) is 4.97. The molecule has 0 radical (unpaired) electrons. The normalized spacial score (nSPS) is 22.8. The molecule has 3 aliphatic rings. The van der Waals surface area contributed by atoms with Crippen LogP contribution in [0, 0.1) is 5.92 Å². The zero-order valence-electron chi connectivity index (χ0n) is 12.6. The molecule has 0 spiro atoms. The summed E-state index contributed by atoms with van der Waals surface area (Å²) in [6.07, 6.45) is 5.57. The summed E-state index contributed by atoms with van der Waals surface area (Å²) in [7, 11) is 0. The molecule has 1 aliphatic carbocycles. The number of hydrogen-bond donors (Lipinski definition) is 1. The van der Waals surface area contributed by atoms with Gasteiger partial charge in [0.15, 0.2) is 0 Å². The van der Waals surface area contributed by atoms with Crippen molar-refractivity contribution < 1.29 is 4.39 Å². The van der Waals surface area contributed by atoms with Gasteiger partial charge in [-0.25, -0.2) is 4.39 Å². The van der Waals surface area contributed by atoms with E-state index in [0.717, 1.165) is 22.4 Å². The van der Waals surface area contributed by atoms with E-state index in [4.69, 9.17) is 0 Å². The molecule has 4 rings (SSSR count). The molecule has 1 unspecified atom stereocenters. The SMILES string of the molecule is CC(C)C1NSc2ccc(C3=CN=C4CC(F)=CC=C34)cc21. The highest BCUT2D eigenvalue weighted by atomic mass is 32.2. The van der Waals surface area contributed by atoms with E-state index in [-0.39, 0.29) is 5.83 Å². The molecule has 1 N–H and O–H groups in total. The maximum Gasteiger partial charge on any atom is 0.106 e. The molecule has 0 fully saturated rings. The van der Waals surface area contributed by atoms with Crippen LogP contribution < -0.4 is 4.72 Å². The average molecular weight is 312 g/mol. The zero-order valence-corrected chi connectivity index (χ0v) is 13.4. The third-order valence-corrected chi connectivity index (χ3v) is 5.30. The Morgan fingerprint density at radius 2 is 2.14 bits per heavy atom. The second-order valence-electron chi connectivity index (χ2n) is 6.18. The van der Waals surface area contributed by atoms with Crippen molar-refractivity contribution >= 4 is 23.2 Å². The van der Waals surface area contributed by atoms with E-state index in [1.165, 1.54) is 10.5 Å². The van der Waals surface area contributed by atoms with Crippen LogP contribution in [0.4, 0.5) is 4.39 Å². The molecule has 22 heavy (non-hydrogen) atoms. The van der Waals surface area contributed by atoms with Crippen molar-refractivity contribution in [3.05, 3.63) is 59.1 Å². The van der Waals surface area contributed by atoms with Crippen LogP contribution in [-0.2, 0) is 0 Å². The van der Waals surface area contributed by atoms with E-state index in [9.17, 15) is 4.39 Å². The summed E-state index contributed by atoms with van der Waals surface area (Å²) in [5, 5.41) is 0. The van der Waals surface area contributed by atoms with Gasteiger partial charge in [0, 0.05) is 34.7 Å². The fourth-order valence-corrected chi connectivity index (χ4v) is 4.22. The van der Waals surface area contributed by atoms with Crippen molar-refractivity contribution in [3.8, 4) is 0 Å². The first-order valence-electron chi connectivity index (χ1n) is 7.54. The van der Waals surface area contributed by atoms with Crippen LogP contribution in [0.3, 0.4) is 0 Å². The van der Waals surface area contributed by atoms with Gasteiger partial charge in [-0.05, 0) is 53.3 Å². The maximum absolute atomic E-state index is 13.4. The van der Waals surface area contributed by atoms with Gasteiger partial charge < -0.3 is 0 Å². The molecule has 112 valence electrons. The molecule has 0 saturated heterocycles. The summed E-state index contributed by atoms with van der Waals surface area (Å²) in [4.78, 5) is 5.70. The van der Waals surface area contributed by atoms with Crippen LogP contribution >= 0.6 is 11.9 Å². The summed E-state index contributed by atoms with van der Waals surface area (Å²) < 4.78 is 16.9. The minimum Gasteiger partial charge on any atom is -0.260 e. The number of nitrogens with one attached hydrogen (secondary N) is 1. The summed E-state index contributed by atoms with van der Waals surface area (Å²) in [6.45, 7) is 4.46. The summed E-state index contributed by atoms with van der Waals surface area (Å²) in [6, 6.07) is 6.94. The van der Waals surface area contributed by atoms with Gasteiger partial charge in [0.05, 0.1) is 5.71 Å². The number of halogens is 1. The Morgan fingerprint density at radius 3 is 2.95 bits per heavy atom. The second-order valence-corrected chi connectivity index (χ2v) is 7.06. The largest absolute Gasteiger partial charge is 0.260 e. The zero-order chi connectivity index (χ0) is 15.3. The Hall–Kier alpha value is -1.65. The van der Waals surface area contributed by atoms with Gasteiger partial charge in [-0.2, -0.15) is 0 Å². The molecule has 0 amide bonds. The van der Waals surface area contributed by atoms with Gasteiger partial charge in [0.25, 0.3) is 0 Å². The quantitative estimate of drug-likeness (QED) is 0.779. The summed E-state index contributed by atoms with van der Waals surface area (Å²) >= 11 is 1.71.